The van der Waals surface area contributed by atoms with Crippen molar-refractivity contribution in [2.45, 2.75) is 52.5 Å². The molecule has 0 fully saturated rings. The summed E-state index contributed by atoms with van der Waals surface area (Å²) in [5.74, 6) is 0. The number of hydrogen-bond acceptors (Lipinski definition) is 1. The van der Waals surface area contributed by atoms with Gasteiger partial charge in [0.2, 0.25) is 0 Å². The van der Waals surface area contributed by atoms with Crippen LogP contribution in [-0.2, 0) is 0 Å². The van der Waals surface area contributed by atoms with Gasteiger partial charge in [-0.25, -0.2) is 0 Å². The number of rotatable bonds is 7. The molecule has 0 spiro atoms. The van der Waals surface area contributed by atoms with Crippen LogP contribution in [0.5, 0.6) is 0 Å². The molecule has 0 aliphatic heterocycles. The number of halogens is 1. The van der Waals surface area contributed by atoms with Crippen LogP contribution >= 0.6 is 15.9 Å². The molecule has 0 saturated heterocycles. The van der Waals surface area contributed by atoms with Gasteiger partial charge in [-0.05, 0) is 37.1 Å². The highest BCUT2D eigenvalue weighted by molar-refractivity contribution is 9.10. The van der Waals surface area contributed by atoms with Crippen LogP contribution in [0.3, 0.4) is 0 Å². The van der Waals surface area contributed by atoms with E-state index in [9.17, 15) is 0 Å². The molecule has 0 bridgehead atoms. The molecule has 2 heteroatoms. The Morgan fingerprint density at radius 1 is 1.24 bits per heavy atom. The SMILES string of the molecule is CCCCCC(NCC)c1ccc(Br)c(C)c1. The molecule has 0 heterocycles. The van der Waals surface area contributed by atoms with E-state index in [1.165, 1.54) is 41.3 Å². The molecule has 0 saturated carbocycles. The highest BCUT2D eigenvalue weighted by Crippen LogP contribution is 2.24. The lowest BCUT2D eigenvalue weighted by molar-refractivity contribution is 0.486. The fourth-order valence-electron chi connectivity index (χ4n) is 2.12. The van der Waals surface area contributed by atoms with Gasteiger partial charge in [-0.15, -0.1) is 0 Å². The summed E-state index contributed by atoms with van der Waals surface area (Å²) in [6.07, 6.45) is 5.17. The fraction of sp³-hybridized carbons (Fsp3) is 0.600. The summed E-state index contributed by atoms with van der Waals surface area (Å²) < 4.78 is 1.20. The van der Waals surface area contributed by atoms with Crippen molar-refractivity contribution >= 4 is 15.9 Å². The standard InChI is InChI=1S/C15H24BrN/c1-4-6-7-8-15(17-5-2)13-9-10-14(16)12(3)11-13/h9-11,15,17H,4-8H2,1-3H3. The molecule has 1 nitrogen and oxygen atoms in total. The summed E-state index contributed by atoms with van der Waals surface area (Å²) in [5, 5.41) is 3.59. The molecule has 0 amide bonds. The maximum absolute atomic E-state index is 3.59. The molecule has 17 heavy (non-hydrogen) atoms. The van der Waals surface area contributed by atoms with Gasteiger partial charge >= 0.3 is 0 Å². The van der Waals surface area contributed by atoms with Crippen LogP contribution in [-0.4, -0.2) is 6.54 Å². The maximum Gasteiger partial charge on any atom is 0.0320 e. The third-order valence-electron chi connectivity index (χ3n) is 3.13. The van der Waals surface area contributed by atoms with Crippen molar-refractivity contribution in [3.63, 3.8) is 0 Å². The van der Waals surface area contributed by atoms with Crippen LogP contribution < -0.4 is 5.32 Å². The zero-order valence-corrected chi connectivity index (χ0v) is 12.8. The van der Waals surface area contributed by atoms with Gasteiger partial charge in [0, 0.05) is 10.5 Å². The minimum atomic E-state index is 0.512. The smallest absolute Gasteiger partial charge is 0.0320 e. The Balaban J connectivity index is 2.70. The Morgan fingerprint density at radius 3 is 2.59 bits per heavy atom. The molecule has 0 aliphatic carbocycles. The minimum Gasteiger partial charge on any atom is -0.310 e. The van der Waals surface area contributed by atoms with Gasteiger partial charge in [-0.1, -0.05) is 61.2 Å². The van der Waals surface area contributed by atoms with E-state index in [0.29, 0.717) is 6.04 Å². The molecule has 0 aromatic heterocycles. The van der Waals surface area contributed by atoms with E-state index in [0.717, 1.165) is 6.54 Å². The topological polar surface area (TPSA) is 12.0 Å². The Labute approximate surface area is 114 Å². The minimum absolute atomic E-state index is 0.512. The van der Waals surface area contributed by atoms with Crippen LogP contribution in [0.25, 0.3) is 0 Å². The monoisotopic (exact) mass is 297 g/mol. The molecule has 1 atom stereocenters. The highest BCUT2D eigenvalue weighted by Gasteiger charge is 2.10. The van der Waals surface area contributed by atoms with E-state index in [-0.39, 0.29) is 0 Å². The average Bonchev–Trinajstić information content (AvgIpc) is 2.32. The first kappa shape index (κ1) is 14.7. The number of benzene rings is 1. The molecule has 1 N–H and O–H groups in total. The second-order valence-corrected chi connectivity index (χ2v) is 5.47. The maximum atomic E-state index is 3.59. The van der Waals surface area contributed by atoms with E-state index >= 15 is 0 Å². The number of hydrogen-bond donors (Lipinski definition) is 1. The van der Waals surface area contributed by atoms with Crippen molar-refractivity contribution in [2.75, 3.05) is 6.54 Å². The Morgan fingerprint density at radius 2 is 2.00 bits per heavy atom. The predicted molar refractivity (Wildman–Crippen MR) is 79.4 cm³/mol. The summed E-state index contributed by atoms with van der Waals surface area (Å²) in [7, 11) is 0. The normalized spacial score (nSPS) is 12.7. The quantitative estimate of drug-likeness (QED) is 0.699. The van der Waals surface area contributed by atoms with Crippen molar-refractivity contribution < 1.29 is 0 Å². The third-order valence-corrected chi connectivity index (χ3v) is 4.02. The fourth-order valence-corrected chi connectivity index (χ4v) is 2.36. The number of unbranched alkanes of at least 4 members (excludes halogenated alkanes) is 2. The first-order valence-electron chi connectivity index (χ1n) is 6.68. The van der Waals surface area contributed by atoms with Gasteiger partial charge in [0.05, 0.1) is 0 Å². The van der Waals surface area contributed by atoms with E-state index in [2.05, 4.69) is 60.2 Å². The number of aryl methyl sites for hydroxylation is 1. The first-order valence-corrected chi connectivity index (χ1v) is 7.47. The molecule has 1 aromatic carbocycles. The summed E-state index contributed by atoms with van der Waals surface area (Å²) in [4.78, 5) is 0. The molecule has 0 radical (unpaired) electrons. The molecule has 96 valence electrons. The second-order valence-electron chi connectivity index (χ2n) is 4.61. The van der Waals surface area contributed by atoms with Crippen LogP contribution in [0.2, 0.25) is 0 Å². The van der Waals surface area contributed by atoms with Gasteiger partial charge in [-0.3, -0.25) is 0 Å². The molecule has 0 aliphatic rings. The van der Waals surface area contributed by atoms with E-state index in [1.54, 1.807) is 0 Å². The highest BCUT2D eigenvalue weighted by atomic mass is 79.9. The van der Waals surface area contributed by atoms with Crippen LogP contribution in [0.15, 0.2) is 22.7 Å². The zero-order valence-electron chi connectivity index (χ0n) is 11.2. The Kier molecular flexibility index (Phi) is 6.83. The second kappa shape index (κ2) is 7.88. The van der Waals surface area contributed by atoms with E-state index in [1.807, 2.05) is 0 Å². The molecule has 1 unspecified atom stereocenters. The lowest BCUT2D eigenvalue weighted by atomic mass is 9.99. The summed E-state index contributed by atoms with van der Waals surface area (Å²) >= 11 is 3.56. The van der Waals surface area contributed by atoms with E-state index < -0.39 is 0 Å². The van der Waals surface area contributed by atoms with Crippen molar-refractivity contribution in [3.05, 3.63) is 33.8 Å². The van der Waals surface area contributed by atoms with Gasteiger partial charge in [0.25, 0.3) is 0 Å². The Bertz CT molecular complexity index is 336. The van der Waals surface area contributed by atoms with Crippen molar-refractivity contribution in [1.82, 2.24) is 5.32 Å². The Hall–Kier alpha value is -0.340. The lowest BCUT2D eigenvalue weighted by Crippen LogP contribution is -2.20. The van der Waals surface area contributed by atoms with Gasteiger partial charge in [0.1, 0.15) is 0 Å². The van der Waals surface area contributed by atoms with Crippen molar-refractivity contribution in [2.24, 2.45) is 0 Å². The van der Waals surface area contributed by atoms with Crippen LogP contribution in [0.4, 0.5) is 0 Å². The van der Waals surface area contributed by atoms with Crippen molar-refractivity contribution in [1.29, 1.82) is 0 Å². The first-order chi connectivity index (χ1) is 8.19. The zero-order chi connectivity index (χ0) is 12.7. The van der Waals surface area contributed by atoms with Crippen molar-refractivity contribution in [3.8, 4) is 0 Å². The number of nitrogens with one attached hydrogen (secondary N) is 1. The molecular weight excluding hydrogens is 274 g/mol. The lowest BCUT2D eigenvalue weighted by Gasteiger charge is -2.19. The average molecular weight is 298 g/mol. The largest absolute Gasteiger partial charge is 0.310 e. The summed E-state index contributed by atoms with van der Waals surface area (Å²) in [5.41, 5.74) is 2.74. The summed E-state index contributed by atoms with van der Waals surface area (Å²) in [6, 6.07) is 7.20. The molecule has 1 aromatic rings. The summed E-state index contributed by atoms with van der Waals surface area (Å²) in [6.45, 7) is 7.62. The van der Waals surface area contributed by atoms with Gasteiger partial charge in [-0.2, -0.15) is 0 Å². The van der Waals surface area contributed by atoms with E-state index in [4.69, 9.17) is 0 Å². The predicted octanol–water partition coefficient (Wildman–Crippen LogP) is 4.99. The van der Waals surface area contributed by atoms with Gasteiger partial charge in [0.15, 0.2) is 0 Å². The van der Waals surface area contributed by atoms with Gasteiger partial charge < -0.3 is 5.32 Å². The van der Waals surface area contributed by atoms with Crippen LogP contribution in [0.1, 0.15) is 56.7 Å². The van der Waals surface area contributed by atoms with Crippen LogP contribution in [0, 0.1) is 6.92 Å². The third kappa shape index (κ3) is 4.81. The molecule has 1 rings (SSSR count). The molecular formula is C15H24BrN.